The van der Waals surface area contributed by atoms with Crippen LogP contribution < -0.4 is 0 Å². The van der Waals surface area contributed by atoms with Crippen LogP contribution in [0.2, 0.25) is 0 Å². The lowest BCUT2D eigenvalue weighted by molar-refractivity contribution is 0.284. The normalized spacial score (nSPS) is 11.9. The van der Waals surface area contributed by atoms with Gasteiger partial charge in [0.1, 0.15) is 0 Å². The third-order valence-corrected chi connectivity index (χ3v) is 4.47. The number of aliphatic hydroxyl groups excluding tert-OH is 1. The number of rotatable bonds is 4. The Morgan fingerprint density at radius 1 is 0.667 bits per heavy atom. The van der Waals surface area contributed by atoms with Gasteiger partial charge in [0, 0.05) is 6.61 Å². The number of aliphatic hydroxyl groups is 1. The molecular formula is C20H18O. The zero-order valence-corrected chi connectivity index (χ0v) is 12.0. The first-order valence-electron chi connectivity index (χ1n) is 7.65. The number of hydrogen-bond donors (Lipinski definition) is 1. The van der Waals surface area contributed by atoms with Crippen LogP contribution in [0.1, 0.15) is 18.4 Å². The first kappa shape index (κ1) is 12.6. The highest BCUT2D eigenvalue weighted by molar-refractivity contribution is 6.23. The Bertz CT molecular complexity index is 892. The Hall–Kier alpha value is -2.12. The molecule has 0 heterocycles. The van der Waals surface area contributed by atoms with E-state index in [0.717, 1.165) is 19.3 Å². The predicted molar refractivity (Wildman–Crippen MR) is 90.2 cm³/mol. The molecule has 0 saturated carbocycles. The van der Waals surface area contributed by atoms with Crippen molar-refractivity contribution in [1.29, 1.82) is 0 Å². The molecule has 0 bridgehead atoms. The van der Waals surface area contributed by atoms with Crippen molar-refractivity contribution in [3.05, 3.63) is 60.2 Å². The Balaban J connectivity index is 2.01. The molecule has 0 aliphatic carbocycles. The highest BCUT2D eigenvalue weighted by atomic mass is 16.2. The molecular weight excluding hydrogens is 256 g/mol. The molecule has 0 amide bonds. The maximum Gasteiger partial charge on any atom is 0.0431 e. The van der Waals surface area contributed by atoms with E-state index in [-0.39, 0.29) is 6.61 Å². The van der Waals surface area contributed by atoms with E-state index in [1.807, 2.05) is 0 Å². The molecule has 0 radical (unpaired) electrons. The number of unbranched alkanes of at least 4 members (excludes halogenated alkanes) is 1. The molecule has 4 aromatic carbocycles. The van der Waals surface area contributed by atoms with Gasteiger partial charge in [-0.05, 0) is 57.1 Å². The number of aryl methyl sites for hydroxylation is 1. The number of benzene rings is 4. The molecule has 4 aromatic rings. The van der Waals surface area contributed by atoms with Crippen LogP contribution in [0.3, 0.4) is 0 Å². The van der Waals surface area contributed by atoms with Crippen molar-refractivity contribution in [3.8, 4) is 0 Å². The molecule has 1 N–H and O–H groups in total. The smallest absolute Gasteiger partial charge is 0.0431 e. The molecule has 0 aliphatic rings. The van der Waals surface area contributed by atoms with E-state index >= 15 is 0 Å². The summed E-state index contributed by atoms with van der Waals surface area (Å²) in [4.78, 5) is 0. The summed E-state index contributed by atoms with van der Waals surface area (Å²) >= 11 is 0. The van der Waals surface area contributed by atoms with Crippen molar-refractivity contribution < 1.29 is 5.11 Å². The second-order valence-corrected chi connectivity index (χ2v) is 5.76. The molecule has 21 heavy (non-hydrogen) atoms. The molecule has 0 unspecified atom stereocenters. The quantitative estimate of drug-likeness (QED) is 0.414. The van der Waals surface area contributed by atoms with Gasteiger partial charge < -0.3 is 5.11 Å². The molecule has 1 heteroatoms. The largest absolute Gasteiger partial charge is 0.396 e. The third kappa shape index (κ3) is 1.97. The maximum atomic E-state index is 8.98. The number of hydrogen-bond acceptors (Lipinski definition) is 1. The first-order valence-corrected chi connectivity index (χ1v) is 7.65. The fourth-order valence-corrected chi connectivity index (χ4v) is 3.44. The minimum Gasteiger partial charge on any atom is -0.396 e. The van der Waals surface area contributed by atoms with E-state index in [2.05, 4.69) is 54.6 Å². The van der Waals surface area contributed by atoms with Crippen LogP contribution in [0.4, 0.5) is 0 Å². The third-order valence-electron chi connectivity index (χ3n) is 4.47. The van der Waals surface area contributed by atoms with E-state index in [0.29, 0.717) is 0 Å². The van der Waals surface area contributed by atoms with Crippen LogP contribution in [0.15, 0.2) is 54.6 Å². The van der Waals surface area contributed by atoms with Gasteiger partial charge in [-0.2, -0.15) is 0 Å². The Morgan fingerprint density at radius 3 is 2.10 bits per heavy atom. The molecule has 0 spiro atoms. The van der Waals surface area contributed by atoms with E-state index in [1.54, 1.807) is 0 Å². The average Bonchev–Trinajstić information content (AvgIpc) is 2.54. The minimum atomic E-state index is 0.284. The summed E-state index contributed by atoms with van der Waals surface area (Å²) in [5, 5.41) is 17.1. The van der Waals surface area contributed by atoms with Gasteiger partial charge in [0.15, 0.2) is 0 Å². The Labute approximate surface area is 124 Å². The van der Waals surface area contributed by atoms with Crippen LogP contribution in [0, 0.1) is 0 Å². The summed E-state index contributed by atoms with van der Waals surface area (Å²) in [6.07, 6.45) is 2.96. The summed E-state index contributed by atoms with van der Waals surface area (Å²) in [6, 6.07) is 19.9. The van der Waals surface area contributed by atoms with Crippen molar-refractivity contribution in [2.75, 3.05) is 6.61 Å². The highest BCUT2D eigenvalue weighted by Gasteiger charge is 2.10. The summed E-state index contributed by atoms with van der Waals surface area (Å²) in [6.45, 7) is 0.284. The molecule has 1 nitrogen and oxygen atoms in total. The van der Waals surface area contributed by atoms with Gasteiger partial charge in [0.25, 0.3) is 0 Å². The lowest BCUT2D eigenvalue weighted by atomic mass is 9.91. The maximum absolute atomic E-state index is 8.98. The Kier molecular flexibility index (Phi) is 3.01. The lowest BCUT2D eigenvalue weighted by Gasteiger charge is -2.13. The zero-order chi connectivity index (χ0) is 14.2. The van der Waals surface area contributed by atoms with Crippen molar-refractivity contribution in [1.82, 2.24) is 0 Å². The second kappa shape index (κ2) is 5.01. The van der Waals surface area contributed by atoms with Gasteiger partial charge >= 0.3 is 0 Å². The summed E-state index contributed by atoms with van der Waals surface area (Å²) in [7, 11) is 0. The van der Waals surface area contributed by atoms with E-state index in [9.17, 15) is 0 Å². The van der Waals surface area contributed by atoms with Crippen LogP contribution in [0.5, 0.6) is 0 Å². The van der Waals surface area contributed by atoms with Crippen molar-refractivity contribution >= 4 is 32.3 Å². The van der Waals surface area contributed by atoms with Crippen LogP contribution >= 0.6 is 0 Å². The summed E-state index contributed by atoms with van der Waals surface area (Å²) in [5.41, 5.74) is 1.40. The summed E-state index contributed by atoms with van der Waals surface area (Å²) in [5.74, 6) is 0. The monoisotopic (exact) mass is 274 g/mol. The standard InChI is InChI=1S/C20H18O/c21-13-2-1-4-14-7-8-17-10-9-15-5-3-6-16-11-12-18(14)20(17)19(15)16/h3,5-12,21H,1-2,4,13H2. The minimum absolute atomic E-state index is 0.284. The molecule has 0 aliphatic heterocycles. The molecule has 0 aromatic heterocycles. The molecule has 0 fully saturated rings. The Morgan fingerprint density at radius 2 is 1.33 bits per heavy atom. The van der Waals surface area contributed by atoms with Crippen LogP contribution in [-0.4, -0.2) is 11.7 Å². The topological polar surface area (TPSA) is 20.2 Å². The van der Waals surface area contributed by atoms with Crippen LogP contribution in [-0.2, 0) is 6.42 Å². The van der Waals surface area contributed by atoms with Gasteiger partial charge in [-0.3, -0.25) is 0 Å². The predicted octanol–water partition coefficient (Wildman–Crippen LogP) is 4.90. The first-order chi connectivity index (χ1) is 10.4. The van der Waals surface area contributed by atoms with Crippen molar-refractivity contribution in [2.24, 2.45) is 0 Å². The van der Waals surface area contributed by atoms with Gasteiger partial charge in [-0.1, -0.05) is 54.6 Å². The molecule has 4 rings (SSSR count). The molecule has 0 atom stereocenters. The summed E-state index contributed by atoms with van der Waals surface area (Å²) < 4.78 is 0. The zero-order valence-electron chi connectivity index (χ0n) is 12.0. The SMILES string of the molecule is OCCCCc1ccc2ccc3cccc4ccc1c2c34. The highest BCUT2D eigenvalue weighted by Crippen LogP contribution is 2.36. The van der Waals surface area contributed by atoms with Gasteiger partial charge in [-0.15, -0.1) is 0 Å². The lowest BCUT2D eigenvalue weighted by Crippen LogP contribution is -1.92. The fraction of sp³-hybridized carbons (Fsp3) is 0.200. The molecule has 104 valence electrons. The van der Waals surface area contributed by atoms with Gasteiger partial charge in [0.2, 0.25) is 0 Å². The average molecular weight is 274 g/mol. The van der Waals surface area contributed by atoms with E-state index in [4.69, 9.17) is 5.11 Å². The van der Waals surface area contributed by atoms with E-state index in [1.165, 1.54) is 37.9 Å². The molecule has 0 saturated heterocycles. The van der Waals surface area contributed by atoms with Gasteiger partial charge in [-0.25, -0.2) is 0 Å². The van der Waals surface area contributed by atoms with Crippen LogP contribution in [0.25, 0.3) is 32.3 Å². The second-order valence-electron chi connectivity index (χ2n) is 5.76. The fourth-order valence-electron chi connectivity index (χ4n) is 3.44. The van der Waals surface area contributed by atoms with Gasteiger partial charge in [0.05, 0.1) is 0 Å². The van der Waals surface area contributed by atoms with E-state index < -0.39 is 0 Å². The van der Waals surface area contributed by atoms with Crippen molar-refractivity contribution in [3.63, 3.8) is 0 Å². The van der Waals surface area contributed by atoms with Crippen molar-refractivity contribution in [2.45, 2.75) is 19.3 Å².